The van der Waals surface area contributed by atoms with Gasteiger partial charge in [0.15, 0.2) is 5.96 Å². The van der Waals surface area contributed by atoms with Gasteiger partial charge in [-0.2, -0.15) is 4.31 Å². The summed E-state index contributed by atoms with van der Waals surface area (Å²) in [4.78, 5) is 14.2. The minimum atomic E-state index is -3.53. The van der Waals surface area contributed by atoms with E-state index >= 15 is 0 Å². The van der Waals surface area contributed by atoms with Crippen LogP contribution in [0.5, 0.6) is 11.5 Å². The van der Waals surface area contributed by atoms with Gasteiger partial charge in [-0.1, -0.05) is 0 Å². The third-order valence-corrected chi connectivity index (χ3v) is 6.75. The molecule has 3 rings (SSSR count). The van der Waals surface area contributed by atoms with Crippen LogP contribution in [0.2, 0.25) is 0 Å². The van der Waals surface area contributed by atoms with Crippen molar-refractivity contribution in [1.29, 1.82) is 5.41 Å². The molecule has 2 aromatic carbocycles. The molecule has 0 aliphatic carbocycles. The first-order chi connectivity index (χ1) is 14.2. The average molecular weight is 432 g/mol. The third-order valence-electron chi connectivity index (χ3n) is 4.84. The predicted molar refractivity (Wildman–Crippen MR) is 113 cm³/mol. The summed E-state index contributed by atoms with van der Waals surface area (Å²) in [7, 11) is -1.56. The number of ether oxygens (including phenoxy) is 1. The van der Waals surface area contributed by atoms with Crippen molar-refractivity contribution in [2.24, 2.45) is 5.73 Å². The van der Waals surface area contributed by atoms with Crippen LogP contribution in [0.25, 0.3) is 0 Å². The highest BCUT2D eigenvalue weighted by atomic mass is 32.2. The summed E-state index contributed by atoms with van der Waals surface area (Å²) in [5.41, 5.74) is 6.24. The number of nitrogens with two attached hydrogens (primary N) is 1. The number of aryl methyl sites for hydroxylation is 1. The van der Waals surface area contributed by atoms with Crippen molar-refractivity contribution in [2.45, 2.75) is 11.8 Å². The molecule has 9 nitrogen and oxygen atoms in total. The summed E-state index contributed by atoms with van der Waals surface area (Å²) < 4.78 is 32.9. The van der Waals surface area contributed by atoms with Gasteiger partial charge in [0.05, 0.1) is 4.90 Å². The summed E-state index contributed by atoms with van der Waals surface area (Å²) in [6, 6.07) is 11.1. The molecule has 2 aromatic rings. The lowest BCUT2D eigenvalue weighted by molar-refractivity contribution is 0.0976. The second-order valence-corrected chi connectivity index (χ2v) is 9.07. The molecule has 10 heteroatoms. The van der Waals surface area contributed by atoms with Crippen LogP contribution in [0.3, 0.4) is 0 Å². The summed E-state index contributed by atoms with van der Waals surface area (Å²) in [6.45, 7) is 4.14. The van der Waals surface area contributed by atoms with Gasteiger partial charge in [-0.05, 0) is 62.0 Å². The molecule has 1 aliphatic rings. The Balaban J connectivity index is 1.71. The van der Waals surface area contributed by atoms with E-state index in [9.17, 15) is 13.2 Å². The van der Waals surface area contributed by atoms with Gasteiger partial charge in [0.2, 0.25) is 10.0 Å². The molecule has 1 heterocycles. The zero-order valence-corrected chi connectivity index (χ0v) is 17.7. The van der Waals surface area contributed by atoms with E-state index in [0.29, 0.717) is 48.8 Å². The lowest BCUT2D eigenvalue weighted by Crippen LogP contribution is -2.46. The summed E-state index contributed by atoms with van der Waals surface area (Å²) in [5.74, 6) is 0.112. The van der Waals surface area contributed by atoms with Crippen LogP contribution in [0.1, 0.15) is 15.9 Å². The van der Waals surface area contributed by atoms with E-state index in [1.54, 1.807) is 37.3 Å². The van der Waals surface area contributed by atoms with Crippen molar-refractivity contribution in [3.63, 3.8) is 0 Å². The van der Waals surface area contributed by atoms with Gasteiger partial charge >= 0.3 is 0 Å². The van der Waals surface area contributed by atoms with Crippen LogP contribution >= 0.6 is 0 Å². The number of carbonyl (C=O) groups is 1. The van der Waals surface area contributed by atoms with Crippen molar-refractivity contribution >= 4 is 21.9 Å². The number of piperazine rings is 1. The number of nitrogens with zero attached hydrogens (tertiary/aromatic N) is 2. The van der Waals surface area contributed by atoms with E-state index in [1.807, 2.05) is 7.05 Å². The molecule has 0 radical (unpaired) electrons. The second-order valence-electron chi connectivity index (χ2n) is 7.13. The zero-order valence-electron chi connectivity index (χ0n) is 16.9. The molecule has 4 N–H and O–H groups in total. The molecule has 0 bridgehead atoms. The minimum absolute atomic E-state index is 0.229. The molecule has 160 valence electrons. The Bertz CT molecular complexity index is 1050. The quantitative estimate of drug-likeness (QED) is 0.484. The fraction of sp³-hybridized carbons (Fsp3) is 0.300. The van der Waals surface area contributed by atoms with Crippen molar-refractivity contribution in [2.75, 3.05) is 33.2 Å². The molecule has 1 saturated heterocycles. The molecular weight excluding hydrogens is 406 g/mol. The van der Waals surface area contributed by atoms with Crippen LogP contribution in [0.15, 0.2) is 47.4 Å². The topological polar surface area (TPSA) is 129 Å². The highest BCUT2D eigenvalue weighted by Gasteiger charge is 2.27. The van der Waals surface area contributed by atoms with Gasteiger partial charge in [0, 0.05) is 31.7 Å². The van der Waals surface area contributed by atoms with Gasteiger partial charge in [-0.3, -0.25) is 15.5 Å². The monoisotopic (exact) mass is 431 g/mol. The van der Waals surface area contributed by atoms with Crippen molar-refractivity contribution < 1.29 is 17.9 Å². The first kappa shape index (κ1) is 21.8. The summed E-state index contributed by atoms with van der Waals surface area (Å²) in [6.07, 6.45) is 0. The van der Waals surface area contributed by atoms with E-state index in [1.165, 1.54) is 16.4 Å². The van der Waals surface area contributed by atoms with E-state index in [-0.39, 0.29) is 4.90 Å². The normalized spacial score (nSPS) is 15.5. The van der Waals surface area contributed by atoms with Crippen LogP contribution in [0, 0.1) is 12.3 Å². The number of carbonyl (C=O) groups excluding carboxylic acids is 1. The maximum Gasteiger partial charge on any atom is 0.257 e. The standard InChI is InChI=1S/C20H25N5O4S/c1-14-13-15(19(26)23-20(21)22)3-8-18(14)29-16-4-6-17(7-5-16)30(27,28)25-11-9-24(2)10-12-25/h3-8,13H,9-12H2,1-2H3,(H4,21,22,23,26). The molecule has 0 unspecified atom stereocenters. The lowest BCUT2D eigenvalue weighted by atomic mass is 10.1. The number of benzene rings is 2. The average Bonchev–Trinajstić information content (AvgIpc) is 2.69. The molecule has 30 heavy (non-hydrogen) atoms. The van der Waals surface area contributed by atoms with Gasteiger partial charge in [0.1, 0.15) is 11.5 Å². The number of guanidine groups is 1. The Morgan fingerprint density at radius 3 is 2.30 bits per heavy atom. The number of hydrogen-bond donors (Lipinski definition) is 3. The van der Waals surface area contributed by atoms with E-state index in [4.69, 9.17) is 15.9 Å². The number of sulfonamides is 1. The Hall–Kier alpha value is -2.95. The van der Waals surface area contributed by atoms with Gasteiger partial charge in [-0.15, -0.1) is 0 Å². The number of amides is 1. The fourth-order valence-corrected chi connectivity index (χ4v) is 4.51. The molecular formula is C20H25N5O4S. The van der Waals surface area contributed by atoms with Crippen molar-refractivity contribution in [1.82, 2.24) is 14.5 Å². The summed E-state index contributed by atoms with van der Waals surface area (Å²) >= 11 is 0. The van der Waals surface area contributed by atoms with E-state index in [2.05, 4.69) is 10.2 Å². The third kappa shape index (κ3) is 4.96. The Morgan fingerprint density at radius 1 is 1.10 bits per heavy atom. The number of likely N-dealkylation sites (N-methyl/N-ethyl adjacent to an activating group) is 1. The minimum Gasteiger partial charge on any atom is -0.457 e. The lowest BCUT2D eigenvalue weighted by Gasteiger charge is -2.31. The highest BCUT2D eigenvalue weighted by molar-refractivity contribution is 7.89. The van der Waals surface area contributed by atoms with E-state index < -0.39 is 21.9 Å². The first-order valence-corrected chi connectivity index (χ1v) is 10.8. The Kier molecular flexibility index (Phi) is 6.40. The smallest absolute Gasteiger partial charge is 0.257 e. The van der Waals surface area contributed by atoms with E-state index in [0.717, 1.165) is 0 Å². The van der Waals surface area contributed by atoms with Gasteiger partial charge in [0.25, 0.3) is 5.91 Å². The van der Waals surface area contributed by atoms with Gasteiger partial charge < -0.3 is 15.4 Å². The van der Waals surface area contributed by atoms with Gasteiger partial charge in [-0.25, -0.2) is 8.42 Å². The van der Waals surface area contributed by atoms with Crippen LogP contribution in [-0.4, -0.2) is 62.7 Å². The molecule has 1 aliphatic heterocycles. The maximum absolute atomic E-state index is 12.8. The molecule has 1 amide bonds. The number of rotatable bonds is 5. The molecule has 0 atom stereocenters. The first-order valence-electron chi connectivity index (χ1n) is 9.39. The molecule has 0 saturated carbocycles. The highest BCUT2D eigenvalue weighted by Crippen LogP contribution is 2.27. The zero-order chi connectivity index (χ0) is 21.9. The molecule has 1 fully saturated rings. The molecule has 0 spiro atoms. The van der Waals surface area contributed by atoms with Crippen LogP contribution in [0.4, 0.5) is 0 Å². The molecule has 0 aromatic heterocycles. The fourth-order valence-electron chi connectivity index (χ4n) is 3.08. The predicted octanol–water partition coefficient (Wildman–Crippen LogP) is 1.35. The SMILES string of the molecule is Cc1cc(C(=O)NC(=N)N)ccc1Oc1ccc(S(=O)(=O)N2CCN(C)CC2)cc1. The van der Waals surface area contributed by atoms with Crippen molar-refractivity contribution in [3.05, 3.63) is 53.6 Å². The largest absolute Gasteiger partial charge is 0.457 e. The van der Waals surface area contributed by atoms with Crippen molar-refractivity contribution in [3.8, 4) is 11.5 Å². The second kappa shape index (κ2) is 8.82. The van der Waals surface area contributed by atoms with Crippen LogP contribution in [-0.2, 0) is 10.0 Å². The Labute approximate surface area is 176 Å². The van der Waals surface area contributed by atoms with Crippen LogP contribution < -0.4 is 15.8 Å². The number of nitrogens with one attached hydrogen (secondary N) is 2. The summed E-state index contributed by atoms with van der Waals surface area (Å²) in [5, 5.41) is 9.35. The maximum atomic E-state index is 12.8. The Morgan fingerprint density at radius 2 is 1.73 bits per heavy atom. The number of hydrogen-bond acceptors (Lipinski definition) is 6.